The highest BCUT2D eigenvalue weighted by molar-refractivity contribution is 5.92. The van der Waals surface area contributed by atoms with Crippen molar-refractivity contribution in [2.45, 2.75) is 71.8 Å². The molecule has 0 heterocycles. The summed E-state index contributed by atoms with van der Waals surface area (Å²) in [6.45, 7) is 6.47. The predicted molar refractivity (Wildman–Crippen MR) is 112 cm³/mol. The van der Waals surface area contributed by atoms with Gasteiger partial charge in [-0.25, -0.2) is 0 Å². The molecule has 0 aliphatic heterocycles. The van der Waals surface area contributed by atoms with Crippen molar-refractivity contribution in [3.63, 3.8) is 0 Å². The molecule has 2 amide bonds. The SMILES string of the molecule is CCCC(=O)Nc1cccc(NC(C)C(=O)NCCC2=CCCCC2)c1C. The van der Waals surface area contributed by atoms with E-state index >= 15 is 0 Å². The van der Waals surface area contributed by atoms with Crippen LogP contribution in [0.2, 0.25) is 0 Å². The van der Waals surface area contributed by atoms with Crippen LogP contribution in [0.5, 0.6) is 0 Å². The molecule has 3 N–H and O–H groups in total. The van der Waals surface area contributed by atoms with Gasteiger partial charge in [0.2, 0.25) is 11.8 Å². The highest BCUT2D eigenvalue weighted by atomic mass is 16.2. The molecule has 1 atom stereocenters. The summed E-state index contributed by atoms with van der Waals surface area (Å²) in [6.07, 6.45) is 9.47. The zero-order valence-corrected chi connectivity index (χ0v) is 16.9. The maximum Gasteiger partial charge on any atom is 0.242 e. The number of amides is 2. The lowest BCUT2D eigenvalue weighted by molar-refractivity contribution is -0.121. The van der Waals surface area contributed by atoms with E-state index in [1.165, 1.54) is 31.3 Å². The van der Waals surface area contributed by atoms with Crippen molar-refractivity contribution in [3.8, 4) is 0 Å². The van der Waals surface area contributed by atoms with Gasteiger partial charge in [0.1, 0.15) is 6.04 Å². The maximum atomic E-state index is 12.4. The fourth-order valence-electron chi connectivity index (χ4n) is 3.30. The Morgan fingerprint density at radius 3 is 2.67 bits per heavy atom. The minimum absolute atomic E-state index is 0.00812. The van der Waals surface area contributed by atoms with E-state index in [9.17, 15) is 9.59 Å². The van der Waals surface area contributed by atoms with Crippen molar-refractivity contribution in [3.05, 3.63) is 35.4 Å². The van der Waals surface area contributed by atoms with Crippen molar-refractivity contribution in [2.24, 2.45) is 0 Å². The highest BCUT2D eigenvalue weighted by Gasteiger charge is 2.15. The molecule has 5 heteroatoms. The first-order chi connectivity index (χ1) is 13.0. The number of anilines is 2. The summed E-state index contributed by atoms with van der Waals surface area (Å²) in [6, 6.07) is 5.36. The lowest BCUT2D eigenvalue weighted by Gasteiger charge is -2.19. The third-order valence-electron chi connectivity index (χ3n) is 4.98. The first-order valence-corrected chi connectivity index (χ1v) is 10.1. The molecule has 1 aromatic rings. The van der Waals surface area contributed by atoms with Gasteiger partial charge in [-0.05, 0) is 70.1 Å². The first kappa shape index (κ1) is 21.0. The molecule has 0 fully saturated rings. The number of nitrogens with one attached hydrogen (secondary N) is 3. The van der Waals surface area contributed by atoms with E-state index in [4.69, 9.17) is 0 Å². The number of carbonyl (C=O) groups is 2. The number of benzene rings is 1. The molecule has 0 bridgehead atoms. The van der Waals surface area contributed by atoms with E-state index in [1.807, 2.05) is 39.0 Å². The lowest BCUT2D eigenvalue weighted by atomic mass is 9.97. The molecule has 5 nitrogen and oxygen atoms in total. The van der Waals surface area contributed by atoms with Gasteiger partial charge in [-0.3, -0.25) is 9.59 Å². The van der Waals surface area contributed by atoms with E-state index in [2.05, 4.69) is 22.0 Å². The Morgan fingerprint density at radius 2 is 1.96 bits per heavy atom. The van der Waals surface area contributed by atoms with Gasteiger partial charge < -0.3 is 16.0 Å². The van der Waals surface area contributed by atoms with Crippen LogP contribution in [0.25, 0.3) is 0 Å². The number of allylic oxidation sites excluding steroid dienone is 1. The molecule has 0 spiro atoms. The minimum Gasteiger partial charge on any atom is -0.374 e. The van der Waals surface area contributed by atoms with E-state index in [-0.39, 0.29) is 17.9 Å². The summed E-state index contributed by atoms with van der Waals surface area (Å²) < 4.78 is 0. The second-order valence-corrected chi connectivity index (χ2v) is 7.29. The van der Waals surface area contributed by atoms with Gasteiger partial charge in [-0.15, -0.1) is 0 Å². The van der Waals surface area contributed by atoms with Gasteiger partial charge in [0.15, 0.2) is 0 Å². The predicted octanol–water partition coefficient (Wildman–Crippen LogP) is 4.54. The summed E-state index contributed by atoms with van der Waals surface area (Å²) in [5, 5.41) is 9.23. The molecule has 27 heavy (non-hydrogen) atoms. The Hall–Kier alpha value is -2.30. The van der Waals surface area contributed by atoms with Crippen LogP contribution in [0.1, 0.15) is 64.4 Å². The van der Waals surface area contributed by atoms with E-state index in [1.54, 1.807) is 0 Å². The van der Waals surface area contributed by atoms with Crippen LogP contribution < -0.4 is 16.0 Å². The van der Waals surface area contributed by atoms with Crippen molar-refractivity contribution in [2.75, 3.05) is 17.2 Å². The summed E-state index contributed by atoms with van der Waals surface area (Å²) in [5.74, 6) is 0.00629. The van der Waals surface area contributed by atoms with Crippen LogP contribution in [0, 0.1) is 6.92 Å². The van der Waals surface area contributed by atoms with Crippen LogP contribution in [0.15, 0.2) is 29.8 Å². The van der Waals surface area contributed by atoms with Gasteiger partial charge in [0.05, 0.1) is 0 Å². The molecule has 148 valence electrons. The molecule has 2 rings (SSSR count). The Morgan fingerprint density at radius 1 is 1.19 bits per heavy atom. The Kier molecular flexibility index (Phi) is 8.37. The standard InChI is InChI=1S/C22H33N3O2/c1-4-9-21(26)25-20-13-8-12-19(16(20)2)24-17(3)22(27)23-15-14-18-10-6-5-7-11-18/h8,10,12-13,17,24H,4-7,9,11,14-15H2,1-3H3,(H,23,27)(H,25,26). The minimum atomic E-state index is -0.342. The smallest absolute Gasteiger partial charge is 0.242 e. The second kappa shape index (κ2) is 10.8. The van der Waals surface area contributed by atoms with E-state index in [0.29, 0.717) is 13.0 Å². The molecule has 1 aromatic carbocycles. The molecule has 1 unspecified atom stereocenters. The third-order valence-corrected chi connectivity index (χ3v) is 4.98. The highest BCUT2D eigenvalue weighted by Crippen LogP contribution is 2.24. The van der Waals surface area contributed by atoms with Crippen molar-refractivity contribution < 1.29 is 9.59 Å². The van der Waals surface area contributed by atoms with Gasteiger partial charge >= 0.3 is 0 Å². The molecule has 1 aliphatic carbocycles. The van der Waals surface area contributed by atoms with Gasteiger partial charge in [0, 0.05) is 24.3 Å². The van der Waals surface area contributed by atoms with Gasteiger partial charge in [-0.2, -0.15) is 0 Å². The Balaban J connectivity index is 1.86. The molecule has 0 saturated carbocycles. The third kappa shape index (κ3) is 6.74. The number of hydrogen-bond acceptors (Lipinski definition) is 3. The lowest BCUT2D eigenvalue weighted by Crippen LogP contribution is -2.38. The van der Waals surface area contributed by atoms with Crippen LogP contribution in [-0.4, -0.2) is 24.4 Å². The van der Waals surface area contributed by atoms with Crippen molar-refractivity contribution in [1.29, 1.82) is 0 Å². The van der Waals surface area contributed by atoms with Crippen LogP contribution >= 0.6 is 0 Å². The maximum absolute atomic E-state index is 12.4. The molecule has 0 saturated heterocycles. The van der Waals surface area contributed by atoms with Gasteiger partial charge in [-0.1, -0.05) is 24.6 Å². The largest absolute Gasteiger partial charge is 0.374 e. The average molecular weight is 372 g/mol. The van der Waals surface area contributed by atoms with Crippen LogP contribution in [0.4, 0.5) is 11.4 Å². The summed E-state index contributed by atoms with van der Waals surface area (Å²) in [7, 11) is 0. The zero-order chi connectivity index (χ0) is 19.6. The number of hydrogen-bond donors (Lipinski definition) is 3. The second-order valence-electron chi connectivity index (χ2n) is 7.29. The zero-order valence-electron chi connectivity index (χ0n) is 16.9. The van der Waals surface area contributed by atoms with Crippen LogP contribution in [-0.2, 0) is 9.59 Å². The molecule has 0 radical (unpaired) electrons. The van der Waals surface area contributed by atoms with E-state index < -0.39 is 0 Å². The molecule has 0 aromatic heterocycles. The average Bonchev–Trinajstić information content (AvgIpc) is 2.66. The quantitative estimate of drug-likeness (QED) is 0.558. The van der Waals surface area contributed by atoms with Crippen LogP contribution in [0.3, 0.4) is 0 Å². The summed E-state index contributed by atoms with van der Waals surface area (Å²) in [4.78, 5) is 24.2. The Labute approximate surface area is 163 Å². The summed E-state index contributed by atoms with van der Waals surface area (Å²) in [5.41, 5.74) is 4.06. The monoisotopic (exact) mass is 371 g/mol. The van der Waals surface area contributed by atoms with Crippen molar-refractivity contribution in [1.82, 2.24) is 5.32 Å². The first-order valence-electron chi connectivity index (χ1n) is 10.1. The fraction of sp³-hybridized carbons (Fsp3) is 0.545. The molecular formula is C22H33N3O2. The molecule has 1 aliphatic rings. The fourth-order valence-corrected chi connectivity index (χ4v) is 3.30. The number of carbonyl (C=O) groups excluding carboxylic acids is 2. The number of rotatable bonds is 9. The van der Waals surface area contributed by atoms with E-state index in [0.717, 1.165) is 29.8 Å². The Bertz CT molecular complexity index is 682. The normalized spacial score (nSPS) is 14.9. The molecular weight excluding hydrogens is 338 g/mol. The topological polar surface area (TPSA) is 70.2 Å². The van der Waals surface area contributed by atoms with Gasteiger partial charge in [0.25, 0.3) is 0 Å². The van der Waals surface area contributed by atoms with Crippen molar-refractivity contribution >= 4 is 23.2 Å². The summed E-state index contributed by atoms with van der Waals surface area (Å²) >= 11 is 0.